The van der Waals surface area contributed by atoms with E-state index in [4.69, 9.17) is 10.5 Å². The first kappa shape index (κ1) is 24.3. The second-order valence-corrected chi connectivity index (χ2v) is 8.39. The molecule has 33 heavy (non-hydrogen) atoms. The van der Waals surface area contributed by atoms with Gasteiger partial charge in [-0.2, -0.15) is 0 Å². The molecular formula is C25H31N5O3. The van der Waals surface area contributed by atoms with Crippen molar-refractivity contribution >= 4 is 17.7 Å². The molecule has 0 aliphatic rings. The van der Waals surface area contributed by atoms with Crippen LogP contribution in [0.3, 0.4) is 0 Å². The molecule has 0 radical (unpaired) electrons. The number of hydrogen-bond acceptors (Lipinski definition) is 7. The van der Waals surface area contributed by atoms with E-state index in [2.05, 4.69) is 44.5 Å². The number of rotatable bonds is 11. The first-order valence-corrected chi connectivity index (χ1v) is 11.0. The van der Waals surface area contributed by atoms with Crippen LogP contribution in [0.4, 0.5) is 11.8 Å². The second-order valence-electron chi connectivity index (χ2n) is 8.39. The van der Waals surface area contributed by atoms with Gasteiger partial charge in [-0.05, 0) is 50.3 Å². The molecule has 0 bridgehead atoms. The zero-order valence-corrected chi connectivity index (χ0v) is 19.1. The lowest BCUT2D eigenvalue weighted by atomic mass is 10.0. The number of aromatic nitrogens is 3. The molecule has 8 nitrogen and oxygen atoms in total. The van der Waals surface area contributed by atoms with Gasteiger partial charge in [0.15, 0.2) is 0 Å². The van der Waals surface area contributed by atoms with Crippen LogP contribution < -0.4 is 11.1 Å². The molecule has 0 fully saturated rings. The van der Waals surface area contributed by atoms with Gasteiger partial charge in [0.25, 0.3) is 0 Å². The van der Waals surface area contributed by atoms with Crippen molar-refractivity contribution in [3.63, 3.8) is 0 Å². The Balaban J connectivity index is 1.28. The third-order valence-corrected chi connectivity index (χ3v) is 5.14. The van der Waals surface area contributed by atoms with E-state index in [0.29, 0.717) is 37.4 Å². The molecule has 1 aromatic carbocycles. The lowest BCUT2D eigenvalue weighted by molar-refractivity contribution is -0.116. The number of aryl methyl sites for hydroxylation is 1. The van der Waals surface area contributed by atoms with Gasteiger partial charge in [0, 0.05) is 49.4 Å². The summed E-state index contributed by atoms with van der Waals surface area (Å²) in [5.74, 6) is 0.642. The first-order valence-electron chi connectivity index (χ1n) is 11.0. The average molecular weight is 450 g/mol. The van der Waals surface area contributed by atoms with Crippen molar-refractivity contribution in [2.45, 2.75) is 45.1 Å². The minimum absolute atomic E-state index is 0.103. The molecule has 2 heterocycles. The van der Waals surface area contributed by atoms with Gasteiger partial charge < -0.3 is 20.9 Å². The van der Waals surface area contributed by atoms with Gasteiger partial charge in [0.1, 0.15) is 5.82 Å². The van der Waals surface area contributed by atoms with E-state index in [1.54, 1.807) is 44.6 Å². The topological polar surface area (TPSA) is 123 Å². The summed E-state index contributed by atoms with van der Waals surface area (Å²) < 4.78 is 5.66. The summed E-state index contributed by atoms with van der Waals surface area (Å²) in [6, 6.07) is 11.7. The van der Waals surface area contributed by atoms with E-state index in [0.717, 1.165) is 24.0 Å². The largest absolute Gasteiger partial charge is 0.386 e. The Morgan fingerprint density at radius 1 is 0.970 bits per heavy atom. The third kappa shape index (κ3) is 7.93. The number of benzene rings is 1. The predicted molar refractivity (Wildman–Crippen MR) is 128 cm³/mol. The van der Waals surface area contributed by atoms with E-state index >= 15 is 0 Å². The maximum Gasteiger partial charge on any atom is 0.225 e. The van der Waals surface area contributed by atoms with Crippen LogP contribution in [0.5, 0.6) is 0 Å². The van der Waals surface area contributed by atoms with Crippen molar-refractivity contribution in [2.75, 3.05) is 24.3 Å². The van der Waals surface area contributed by atoms with Crippen LogP contribution in [-0.4, -0.2) is 39.2 Å². The van der Waals surface area contributed by atoms with Crippen molar-refractivity contribution in [3.8, 4) is 11.1 Å². The zero-order valence-electron chi connectivity index (χ0n) is 19.1. The monoisotopic (exact) mass is 449 g/mol. The molecule has 0 spiro atoms. The summed E-state index contributed by atoms with van der Waals surface area (Å²) in [7, 11) is 0. The molecular weight excluding hydrogens is 418 g/mol. The van der Waals surface area contributed by atoms with Gasteiger partial charge in [0.2, 0.25) is 11.9 Å². The fourth-order valence-electron chi connectivity index (χ4n) is 3.20. The summed E-state index contributed by atoms with van der Waals surface area (Å²) >= 11 is 0. The van der Waals surface area contributed by atoms with Gasteiger partial charge in [-0.3, -0.25) is 4.79 Å². The summed E-state index contributed by atoms with van der Waals surface area (Å²) in [5.41, 5.74) is 8.49. The quantitative estimate of drug-likeness (QED) is 0.381. The van der Waals surface area contributed by atoms with Crippen molar-refractivity contribution < 1.29 is 14.6 Å². The summed E-state index contributed by atoms with van der Waals surface area (Å²) in [6.07, 6.45) is 7.85. The van der Waals surface area contributed by atoms with Crippen LogP contribution in [0.1, 0.15) is 44.2 Å². The Bertz CT molecular complexity index is 1010. The predicted octanol–water partition coefficient (Wildman–Crippen LogP) is 3.72. The number of carbonyl (C=O) groups is 1. The van der Waals surface area contributed by atoms with E-state index < -0.39 is 5.60 Å². The number of nitrogens with two attached hydrogens (primary N) is 1. The highest BCUT2D eigenvalue weighted by Gasteiger charge is 2.16. The molecule has 8 heteroatoms. The molecule has 2 aromatic heterocycles. The van der Waals surface area contributed by atoms with E-state index in [-0.39, 0.29) is 11.9 Å². The Kier molecular flexibility index (Phi) is 8.46. The number of anilines is 2. The van der Waals surface area contributed by atoms with Crippen molar-refractivity contribution in [1.29, 1.82) is 0 Å². The van der Waals surface area contributed by atoms with Crippen LogP contribution in [0.25, 0.3) is 11.1 Å². The number of aliphatic hydroxyl groups is 1. The molecule has 0 saturated heterocycles. The van der Waals surface area contributed by atoms with Gasteiger partial charge >= 0.3 is 0 Å². The highest BCUT2D eigenvalue weighted by atomic mass is 16.5. The first-order chi connectivity index (χ1) is 15.8. The molecule has 0 unspecified atom stereocenters. The number of hydrogen-bond donors (Lipinski definition) is 3. The van der Waals surface area contributed by atoms with Crippen LogP contribution in [-0.2, 0) is 21.6 Å². The molecule has 0 atom stereocenters. The lowest BCUT2D eigenvalue weighted by Gasteiger charge is -2.17. The second kappa shape index (κ2) is 11.5. The minimum Gasteiger partial charge on any atom is -0.386 e. The highest BCUT2D eigenvalue weighted by molar-refractivity contribution is 5.89. The van der Waals surface area contributed by atoms with E-state index in [1.165, 1.54) is 5.56 Å². The van der Waals surface area contributed by atoms with Crippen molar-refractivity contribution in [2.24, 2.45) is 0 Å². The van der Waals surface area contributed by atoms with E-state index in [1.807, 2.05) is 0 Å². The zero-order chi connectivity index (χ0) is 23.7. The summed E-state index contributed by atoms with van der Waals surface area (Å²) in [6.45, 7) is 4.57. The van der Waals surface area contributed by atoms with Gasteiger partial charge in [-0.15, -0.1) is 0 Å². The van der Waals surface area contributed by atoms with Gasteiger partial charge in [0.05, 0.1) is 5.60 Å². The fraction of sp³-hybridized carbons (Fsp3) is 0.360. The Labute approximate surface area is 194 Å². The van der Waals surface area contributed by atoms with E-state index in [9.17, 15) is 9.90 Å². The molecule has 3 aromatic rings. The Hall–Kier alpha value is -3.36. The lowest BCUT2D eigenvalue weighted by Crippen LogP contribution is -2.17. The molecule has 4 N–H and O–H groups in total. The van der Waals surface area contributed by atoms with Crippen LogP contribution >= 0.6 is 0 Å². The maximum atomic E-state index is 12.0. The number of nitrogen functional groups attached to an aromatic ring is 1. The van der Waals surface area contributed by atoms with Crippen molar-refractivity contribution in [1.82, 2.24) is 15.0 Å². The molecule has 174 valence electrons. The molecule has 1 amide bonds. The molecule has 0 aliphatic carbocycles. The highest BCUT2D eigenvalue weighted by Crippen LogP contribution is 2.20. The number of amides is 1. The standard InChI is InChI=1S/C25H31N5O3/c1-25(2,32)21-11-12-22(27-17-21)30-23(31)6-4-14-33-13-3-5-18-7-9-19(10-8-18)20-15-28-24(26)29-16-20/h7-12,15-17,32H,3-6,13-14H2,1-2H3,(H2,26,28,29)(H,27,30,31). The molecule has 3 rings (SSSR count). The van der Waals surface area contributed by atoms with Crippen molar-refractivity contribution in [3.05, 3.63) is 66.1 Å². The smallest absolute Gasteiger partial charge is 0.225 e. The molecule has 0 saturated carbocycles. The van der Waals surface area contributed by atoms with Crippen LogP contribution in [0.15, 0.2) is 55.0 Å². The Morgan fingerprint density at radius 3 is 2.30 bits per heavy atom. The number of nitrogens with one attached hydrogen (secondary N) is 1. The maximum absolute atomic E-state index is 12.0. The third-order valence-electron chi connectivity index (χ3n) is 5.14. The number of pyridine rings is 1. The summed E-state index contributed by atoms with van der Waals surface area (Å²) in [5, 5.41) is 12.7. The normalized spacial score (nSPS) is 11.4. The molecule has 0 aliphatic heterocycles. The Morgan fingerprint density at radius 2 is 1.67 bits per heavy atom. The number of ether oxygens (including phenoxy) is 1. The van der Waals surface area contributed by atoms with Crippen LogP contribution in [0, 0.1) is 0 Å². The minimum atomic E-state index is -0.955. The fourth-order valence-corrected chi connectivity index (χ4v) is 3.20. The number of carbonyl (C=O) groups excluding carboxylic acids is 1. The average Bonchev–Trinajstić information content (AvgIpc) is 2.79. The summed E-state index contributed by atoms with van der Waals surface area (Å²) in [4.78, 5) is 24.3. The van der Waals surface area contributed by atoms with Gasteiger partial charge in [-0.25, -0.2) is 15.0 Å². The van der Waals surface area contributed by atoms with Crippen LogP contribution in [0.2, 0.25) is 0 Å². The SMILES string of the molecule is CC(C)(O)c1ccc(NC(=O)CCCOCCCc2ccc(-c3cnc(N)nc3)cc2)nc1. The number of nitrogens with zero attached hydrogens (tertiary/aromatic N) is 3. The van der Waals surface area contributed by atoms with Gasteiger partial charge in [-0.1, -0.05) is 30.3 Å².